The molecule has 0 atom stereocenters. The lowest BCUT2D eigenvalue weighted by atomic mass is 10.0. The van der Waals surface area contributed by atoms with Gasteiger partial charge >= 0.3 is 0 Å². The predicted molar refractivity (Wildman–Crippen MR) is 135 cm³/mol. The van der Waals surface area contributed by atoms with E-state index < -0.39 is 11.8 Å². The first-order valence-electron chi connectivity index (χ1n) is 10.9. The first kappa shape index (κ1) is 24.5. The van der Waals surface area contributed by atoms with E-state index in [1.165, 1.54) is 43.5 Å². The Morgan fingerprint density at radius 2 is 1.41 bits per heavy atom. The van der Waals surface area contributed by atoms with E-state index in [-0.39, 0.29) is 33.7 Å². The number of ether oxygens (including phenoxy) is 1. The zero-order valence-electron chi connectivity index (χ0n) is 19.6. The molecule has 0 saturated heterocycles. The molecule has 2 amide bonds. The van der Waals surface area contributed by atoms with Crippen molar-refractivity contribution in [3.8, 4) is 17.9 Å². The normalized spacial score (nSPS) is 10.4. The molecule has 0 fully saturated rings. The average Bonchev–Trinajstić information content (AvgIpc) is 2.96. The molecule has 1 aromatic heterocycles. The lowest BCUT2D eigenvalue weighted by molar-refractivity contribution is 0.0896. The standard InChI is InChI=1S/C28H18N6O3/c1-37-25-16-21(32-33-26-12-6-7-15-31-26)13-14-24(25)34(27(35)22-10-4-2-8-19(22)17-29)28(36)23-11-5-3-9-20(23)18-30/h2-16H,1H3. The van der Waals surface area contributed by atoms with Crippen LogP contribution in [0.2, 0.25) is 0 Å². The Balaban J connectivity index is 1.84. The number of hydrogen-bond acceptors (Lipinski definition) is 8. The molecule has 3 aromatic carbocycles. The van der Waals surface area contributed by atoms with Crippen LogP contribution in [-0.4, -0.2) is 23.9 Å². The van der Waals surface area contributed by atoms with Gasteiger partial charge in [-0.2, -0.15) is 10.5 Å². The Labute approximate surface area is 212 Å². The van der Waals surface area contributed by atoms with Crippen molar-refractivity contribution >= 4 is 29.0 Å². The van der Waals surface area contributed by atoms with Crippen molar-refractivity contribution in [3.63, 3.8) is 0 Å². The number of methoxy groups -OCH3 is 1. The quantitative estimate of drug-likeness (QED) is 0.252. The summed E-state index contributed by atoms with van der Waals surface area (Å²) in [5, 5.41) is 27.3. The van der Waals surface area contributed by atoms with Crippen LogP contribution in [0.4, 0.5) is 17.2 Å². The number of carbonyl (C=O) groups is 2. The maximum Gasteiger partial charge on any atom is 0.266 e. The van der Waals surface area contributed by atoms with E-state index in [1.807, 2.05) is 12.1 Å². The highest BCUT2D eigenvalue weighted by Crippen LogP contribution is 2.35. The first-order valence-corrected chi connectivity index (χ1v) is 10.9. The molecule has 9 nitrogen and oxygen atoms in total. The molecule has 0 aliphatic heterocycles. The molecule has 0 N–H and O–H groups in total. The van der Waals surface area contributed by atoms with Crippen LogP contribution in [0.5, 0.6) is 5.75 Å². The number of azo groups is 1. The Bertz CT molecular complexity index is 1520. The van der Waals surface area contributed by atoms with Gasteiger partial charge in [0.25, 0.3) is 11.8 Å². The molecule has 9 heteroatoms. The highest BCUT2D eigenvalue weighted by atomic mass is 16.5. The lowest BCUT2D eigenvalue weighted by Crippen LogP contribution is -2.38. The van der Waals surface area contributed by atoms with Crippen molar-refractivity contribution in [1.82, 2.24) is 4.98 Å². The van der Waals surface area contributed by atoms with Crippen LogP contribution < -0.4 is 9.64 Å². The SMILES string of the molecule is COc1cc(N=Nc2ccccn2)ccc1N(C(=O)c1ccccc1C#N)C(=O)c1ccccc1C#N. The van der Waals surface area contributed by atoms with Crippen LogP contribution >= 0.6 is 0 Å². The molecule has 0 bridgehead atoms. The Hall–Kier alpha value is -5.67. The summed E-state index contributed by atoms with van der Waals surface area (Å²) in [4.78, 5) is 32.5. The van der Waals surface area contributed by atoms with Gasteiger partial charge in [0, 0.05) is 12.3 Å². The molecular formula is C28H18N6O3. The third-order valence-electron chi connectivity index (χ3n) is 5.28. The van der Waals surface area contributed by atoms with Gasteiger partial charge in [-0.15, -0.1) is 10.2 Å². The van der Waals surface area contributed by atoms with Crippen LogP contribution in [0, 0.1) is 22.7 Å². The number of carbonyl (C=O) groups excluding carboxylic acids is 2. The zero-order valence-corrected chi connectivity index (χ0v) is 19.6. The summed E-state index contributed by atoms with van der Waals surface area (Å²) >= 11 is 0. The molecule has 37 heavy (non-hydrogen) atoms. The number of amides is 2. The van der Waals surface area contributed by atoms with E-state index in [9.17, 15) is 20.1 Å². The average molecular weight is 486 g/mol. The maximum atomic E-state index is 13.8. The molecule has 0 spiro atoms. The third kappa shape index (κ3) is 5.21. The Morgan fingerprint density at radius 3 is 1.95 bits per heavy atom. The van der Waals surface area contributed by atoms with Gasteiger partial charge in [-0.25, -0.2) is 9.88 Å². The van der Waals surface area contributed by atoms with Crippen LogP contribution in [-0.2, 0) is 0 Å². The molecule has 4 rings (SSSR count). The van der Waals surface area contributed by atoms with Crippen molar-refractivity contribution in [2.75, 3.05) is 12.0 Å². The summed E-state index contributed by atoms with van der Waals surface area (Å²) in [6, 6.07) is 26.1. The van der Waals surface area contributed by atoms with Gasteiger partial charge < -0.3 is 4.74 Å². The second kappa shape index (κ2) is 11.2. The van der Waals surface area contributed by atoms with Gasteiger partial charge in [0.05, 0.1) is 52.9 Å². The predicted octanol–water partition coefficient (Wildman–Crippen LogP) is 5.74. The highest BCUT2D eigenvalue weighted by molar-refractivity contribution is 6.27. The molecule has 0 radical (unpaired) electrons. The summed E-state index contributed by atoms with van der Waals surface area (Å²) in [5.41, 5.74) is 0.732. The molecule has 0 aliphatic carbocycles. The monoisotopic (exact) mass is 486 g/mol. The minimum Gasteiger partial charge on any atom is -0.494 e. The fraction of sp³-hybridized carbons (Fsp3) is 0.0357. The van der Waals surface area contributed by atoms with Crippen molar-refractivity contribution < 1.29 is 14.3 Å². The van der Waals surface area contributed by atoms with E-state index >= 15 is 0 Å². The number of rotatable bonds is 6. The lowest BCUT2D eigenvalue weighted by Gasteiger charge is -2.24. The minimum atomic E-state index is -0.754. The summed E-state index contributed by atoms with van der Waals surface area (Å²) in [6.07, 6.45) is 1.59. The first-order chi connectivity index (χ1) is 18.1. The third-order valence-corrected chi connectivity index (χ3v) is 5.28. The van der Waals surface area contributed by atoms with E-state index in [0.29, 0.717) is 11.5 Å². The zero-order chi connectivity index (χ0) is 26.2. The molecule has 1 heterocycles. The molecule has 0 saturated carbocycles. The summed E-state index contributed by atoms with van der Waals surface area (Å²) < 4.78 is 5.51. The fourth-order valence-corrected chi connectivity index (χ4v) is 3.52. The maximum absolute atomic E-state index is 13.8. The highest BCUT2D eigenvalue weighted by Gasteiger charge is 2.31. The minimum absolute atomic E-state index is 0.0220. The largest absolute Gasteiger partial charge is 0.494 e. The molecule has 4 aromatic rings. The van der Waals surface area contributed by atoms with Crippen LogP contribution in [0.15, 0.2) is 101 Å². The Morgan fingerprint density at radius 1 is 0.811 bits per heavy atom. The van der Waals surface area contributed by atoms with Gasteiger partial charge in [0.2, 0.25) is 0 Å². The fourth-order valence-electron chi connectivity index (χ4n) is 3.52. The second-order valence-corrected chi connectivity index (χ2v) is 7.50. The van der Waals surface area contributed by atoms with Crippen LogP contribution in [0.3, 0.4) is 0 Å². The van der Waals surface area contributed by atoms with E-state index in [0.717, 1.165) is 4.90 Å². The van der Waals surface area contributed by atoms with E-state index in [2.05, 4.69) is 15.2 Å². The number of nitriles is 2. The number of benzene rings is 3. The van der Waals surface area contributed by atoms with E-state index in [1.54, 1.807) is 54.7 Å². The van der Waals surface area contributed by atoms with Crippen molar-refractivity contribution in [2.24, 2.45) is 10.2 Å². The number of anilines is 1. The van der Waals surface area contributed by atoms with Crippen molar-refractivity contribution in [1.29, 1.82) is 10.5 Å². The molecule has 0 unspecified atom stereocenters. The number of imide groups is 1. The van der Waals surface area contributed by atoms with Gasteiger partial charge in [-0.05, 0) is 48.5 Å². The number of hydrogen-bond donors (Lipinski definition) is 0. The van der Waals surface area contributed by atoms with Gasteiger partial charge in [0.1, 0.15) is 5.75 Å². The number of pyridine rings is 1. The van der Waals surface area contributed by atoms with Crippen molar-refractivity contribution in [3.05, 3.63) is 113 Å². The molecule has 178 valence electrons. The van der Waals surface area contributed by atoms with Gasteiger partial charge in [-0.3, -0.25) is 9.59 Å². The molecule has 0 aliphatic rings. The summed E-state index contributed by atoms with van der Waals surface area (Å²) in [5.74, 6) is -0.950. The van der Waals surface area contributed by atoms with Crippen LogP contribution in [0.25, 0.3) is 0 Å². The summed E-state index contributed by atoms with van der Waals surface area (Å²) in [6.45, 7) is 0. The second-order valence-electron chi connectivity index (χ2n) is 7.50. The number of nitrogens with zero attached hydrogens (tertiary/aromatic N) is 6. The number of aromatic nitrogens is 1. The summed E-state index contributed by atoms with van der Waals surface area (Å²) in [7, 11) is 1.39. The van der Waals surface area contributed by atoms with Crippen molar-refractivity contribution in [2.45, 2.75) is 0 Å². The van der Waals surface area contributed by atoms with Gasteiger partial charge in [0.15, 0.2) is 5.82 Å². The Kier molecular flexibility index (Phi) is 7.38. The smallest absolute Gasteiger partial charge is 0.266 e. The molecular weight excluding hydrogens is 468 g/mol. The topological polar surface area (TPSA) is 132 Å². The van der Waals surface area contributed by atoms with E-state index in [4.69, 9.17) is 4.74 Å². The van der Waals surface area contributed by atoms with Gasteiger partial charge in [-0.1, -0.05) is 30.3 Å². The van der Waals surface area contributed by atoms with Crippen LogP contribution in [0.1, 0.15) is 31.8 Å².